The van der Waals surface area contributed by atoms with E-state index < -0.39 is 6.10 Å². The molecule has 0 aliphatic carbocycles. The molecule has 1 N–H and O–H groups in total. The predicted octanol–water partition coefficient (Wildman–Crippen LogP) is 0.110. The van der Waals surface area contributed by atoms with Gasteiger partial charge in [-0.3, -0.25) is 0 Å². The monoisotopic (exact) mass is 105 g/mol. The minimum atomic E-state index is -0.994. The van der Waals surface area contributed by atoms with E-state index in [0.29, 0.717) is 0 Å². The van der Waals surface area contributed by atoms with E-state index in [9.17, 15) is 0 Å². The molecule has 0 aromatic rings. The van der Waals surface area contributed by atoms with Gasteiger partial charge in [0, 0.05) is 0 Å². The Balaban J connectivity index is 3.04. The Morgan fingerprint density at radius 3 is 2.50 bits per heavy atom. The van der Waals surface area contributed by atoms with Crippen LogP contribution < -0.4 is 0 Å². The molecule has 6 heavy (non-hydrogen) atoms. The molecule has 0 aliphatic heterocycles. The van der Waals surface area contributed by atoms with E-state index >= 15 is 0 Å². The highest BCUT2D eigenvalue weighted by atomic mass is 35.5. The van der Waals surface area contributed by atoms with Gasteiger partial charge >= 0.3 is 0 Å². The lowest BCUT2D eigenvalue weighted by molar-refractivity contribution is 0.254. The summed E-state index contributed by atoms with van der Waals surface area (Å²) < 4.78 is 0. The number of rotatable bonds is 1. The lowest BCUT2D eigenvalue weighted by atomic mass is 10.5. The molecule has 1 atom stereocenters. The largest absolute Gasteiger partial charge is 0.377 e. The third-order valence-electron chi connectivity index (χ3n) is 0.295. The molecule has 0 amide bonds. The van der Waals surface area contributed by atoms with E-state index in [1.807, 2.05) is 0 Å². The Kier molecular flexibility index (Phi) is 2.82. The van der Waals surface area contributed by atoms with Gasteiger partial charge in [0.05, 0.1) is 11.9 Å². The quantitative estimate of drug-likeness (QED) is 0.380. The molecule has 0 aromatic heterocycles. The van der Waals surface area contributed by atoms with Crippen molar-refractivity contribution in [2.24, 2.45) is 0 Å². The van der Waals surface area contributed by atoms with Crippen LogP contribution in [-0.4, -0.2) is 17.1 Å². The second kappa shape index (κ2) is 2.95. The van der Waals surface area contributed by atoms with Crippen LogP contribution in [-0.2, 0) is 0 Å². The smallest absolute Gasteiger partial charge is 0.153 e. The summed E-state index contributed by atoms with van der Waals surface area (Å²) >= 11 is 4.98. The van der Waals surface area contributed by atoms with Crippen LogP contribution in [0.25, 0.3) is 0 Å². The van der Waals surface area contributed by atoms with Gasteiger partial charge < -0.3 is 5.11 Å². The van der Waals surface area contributed by atoms with Crippen molar-refractivity contribution in [2.45, 2.75) is 6.10 Å². The normalized spacial score (nSPS) is 12.8. The molecule has 34 valence electrons. The maximum atomic E-state index is 8.17. The number of aliphatic hydroxyl groups excluding tert-OH is 1. The number of nitriles is 1. The maximum Gasteiger partial charge on any atom is 0.153 e. The molecular weight excluding hydrogens is 101 g/mol. The number of nitrogens with zero attached hydrogens (tertiary/aromatic N) is 1. The van der Waals surface area contributed by atoms with Gasteiger partial charge in [0.15, 0.2) is 6.10 Å². The van der Waals surface area contributed by atoms with Gasteiger partial charge in [-0.25, -0.2) is 0 Å². The van der Waals surface area contributed by atoms with Crippen molar-refractivity contribution in [3.63, 3.8) is 0 Å². The molecule has 0 heterocycles. The highest BCUT2D eigenvalue weighted by Crippen LogP contribution is 1.80. The van der Waals surface area contributed by atoms with E-state index in [0.717, 1.165) is 0 Å². The van der Waals surface area contributed by atoms with Gasteiger partial charge in [-0.1, -0.05) is 0 Å². The Labute approximate surface area is 41.0 Å². The first-order valence-corrected chi connectivity index (χ1v) is 1.98. The van der Waals surface area contributed by atoms with E-state index in [1.54, 1.807) is 0 Å². The second-order valence-corrected chi connectivity index (χ2v) is 1.11. The van der Waals surface area contributed by atoms with Gasteiger partial charge in [0.25, 0.3) is 0 Å². The van der Waals surface area contributed by atoms with E-state index in [1.165, 1.54) is 6.07 Å². The van der Waals surface area contributed by atoms with Crippen LogP contribution in [0.3, 0.4) is 0 Å². The van der Waals surface area contributed by atoms with Crippen LogP contribution >= 0.6 is 11.6 Å². The maximum absolute atomic E-state index is 8.17. The zero-order valence-corrected chi connectivity index (χ0v) is 3.81. The summed E-state index contributed by atoms with van der Waals surface area (Å²) in [6.45, 7) is 0. The first-order chi connectivity index (χ1) is 2.81. The Morgan fingerprint density at radius 2 is 2.50 bits per heavy atom. The number of alkyl halides is 1. The summed E-state index contributed by atoms with van der Waals surface area (Å²) in [4.78, 5) is 0. The molecule has 2 nitrogen and oxygen atoms in total. The topological polar surface area (TPSA) is 44.0 Å². The molecule has 0 radical (unpaired) electrons. The SMILES string of the molecule is N#C[C@H](O)CCl. The average Bonchev–Trinajstić information content (AvgIpc) is 1.65. The van der Waals surface area contributed by atoms with Crippen LogP contribution in [0, 0.1) is 11.3 Å². The average molecular weight is 106 g/mol. The van der Waals surface area contributed by atoms with Gasteiger partial charge in [-0.05, 0) is 0 Å². The molecular formula is C3H4ClNO. The first kappa shape index (κ1) is 5.74. The minimum absolute atomic E-state index is 0.00347. The lowest BCUT2D eigenvalue weighted by Crippen LogP contribution is -2.02. The Morgan fingerprint density at radius 1 is 2.00 bits per heavy atom. The number of halogens is 1. The summed E-state index contributed by atoms with van der Waals surface area (Å²) in [6, 6.07) is 1.54. The fourth-order valence-electron chi connectivity index (χ4n) is 0.0345. The first-order valence-electron chi connectivity index (χ1n) is 1.45. The van der Waals surface area contributed by atoms with E-state index in [2.05, 4.69) is 0 Å². The van der Waals surface area contributed by atoms with Gasteiger partial charge in [0.1, 0.15) is 0 Å². The summed E-state index contributed by atoms with van der Waals surface area (Å²) in [6.07, 6.45) is -0.994. The number of hydrogen-bond acceptors (Lipinski definition) is 2. The van der Waals surface area contributed by atoms with Gasteiger partial charge in [-0.15, -0.1) is 11.6 Å². The van der Waals surface area contributed by atoms with Crippen LogP contribution in [0.1, 0.15) is 0 Å². The molecule has 0 saturated carbocycles. The van der Waals surface area contributed by atoms with Crippen molar-refractivity contribution in [1.29, 1.82) is 5.26 Å². The minimum Gasteiger partial charge on any atom is -0.377 e. The third kappa shape index (κ3) is 2.01. The van der Waals surface area contributed by atoms with Gasteiger partial charge in [0.2, 0.25) is 0 Å². The Bertz CT molecular complexity index is 67.7. The van der Waals surface area contributed by atoms with Crippen LogP contribution in [0.2, 0.25) is 0 Å². The fraction of sp³-hybridized carbons (Fsp3) is 0.667. The Hall–Kier alpha value is -0.260. The van der Waals surface area contributed by atoms with Crippen molar-refractivity contribution < 1.29 is 5.11 Å². The molecule has 0 bridgehead atoms. The summed E-state index contributed by atoms with van der Waals surface area (Å²) in [5.41, 5.74) is 0. The molecule has 0 spiro atoms. The zero-order chi connectivity index (χ0) is 4.99. The standard InChI is InChI=1S/C3H4ClNO/c4-1-3(6)2-5/h3,6H,1H2/t3-/m1/s1. The highest BCUT2D eigenvalue weighted by Gasteiger charge is 1.92. The summed E-state index contributed by atoms with van der Waals surface area (Å²) in [5, 5.41) is 15.9. The fourth-order valence-corrected chi connectivity index (χ4v) is 0.104. The molecule has 0 saturated heterocycles. The molecule has 0 rings (SSSR count). The number of hydrogen-bond donors (Lipinski definition) is 1. The van der Waals surface area contributed by atoms with Crippen molar-refractivity contribution in [3.8, 4) is 6.07 Å². The second-order valence-electron chi connectivity index (χ2n) is 0.799. The van der Waals surface area contributed by atoms with Crippen molar-refractivity contribution in [1.82, 2.24) is 0 Å². The summed E-state index contributed by atoms with van der Waals surface area (Å²) in [5.74, 6) is -0.00347. The molecule has 3 heteroatoms. The van der Waals surface area contributed by atoms with E-state index in [4.69, 9.17) is 22.0 Å². The van der Waals surface area contributed by atoms with Crippen LogP contribution in [0.15, 0.2) is 0 Å². The summed E-state index contributed by atoms with van der Waals surface area (Å²) in [7, 11) is 0. The zero-order valence-electron chi connectivity index (χ0n) is 3.06. The van der Waals surface area contributed by atoms with Crippen molar-refractivity contribution >= 4 is 11.6 Å². The third-order valence-corrected chi connectivity index (χ3v) is 0.587. The predicted molar refractivity (Wildman–Crippen MR) is 22.3 cm³/mol. The van der Waals surface area contributed by atoms with Crippen LogP contribution in [0.4, 0.5) is 0 Å². The molecule has 0 unspecified atom stereocenters. The molecule has 0 aromatic carbocycles. The molecule has 0 fully saturated rings. The van der Waals surface area contributed by atoms with E-state index in [-0.39, 0.29) is 5.88 Å². The van der Waals surface area contributed by atoms with Crippen molar-refractivity contribution in [3.05, 3.63) is 0 Å². The number of aliphatic hydroxyl groups is 1. The van der Waals surface area contributed by atoms with Gasteiger partial charge in [-0.2, -0.15) is 5.26 Å². The van der Waals surface area contributed by atoms with Crippen LogP contribution in [0.5, 0.6) is 0 Å². The lowest BCUT2D eigenvalue weighted by Gasteiger charge is -1.85. The molecule has 0 aliphatic rings. The highest BCUT2D eigenvalue weighted by molar-refractivity contribution is 6.18. The van der Waals surface area contributed by atoms with Crippen molar-refractivity contribution in [2.75, 3.05) is 5.88 Å².